The summed E-state index contributed by atoms with van der Waals surface area (Å²) >= 11 is 0. The number of fused-ring (bicyclic) bond motifs is 3. The molecule has 3 aromatic rings. The molecule has 0 amide bonds. The summed E-state index contributed by atoms with van der Waals surface area (Å²) in [6, 6.07) is 15.3. The summed E-state index contributed by atoms with van der Waals surface area (Å²) in [7, 11) is 0. The van der Waals surface area contributed by atoms with Crippen LogP contribution in [0.1, 0.15) is 87.6 Å². The van der Waals surface area contributed by atoms with Gasteiger partial charge in [0.25, 0.3) is 0 Å². The predicted octanol–water partition coefficient (Wildman–Crippen LogP) is 6.65. The second-order valence-electron chi connectivity index (χ2n) is 11.2. The number of anilines is 3. The average Bonchev–Trinajstić information content (AvgIpc) is 2.97. The Morgan fingerprint density at radius 1 is 0.927 bits per heavy atom. The van der Waals surface area contributed by atoms with Crippen molar-refractivity contribution in [1.29, 1.82) is 0 Å². The van der Waals surface area contributed by atoms with Gasteiger partial charge in [-0.2, -0.15) is 0 Å². The van der Waals surface area contributed by atoms with Crippen molar-refractivity contribution in [3.63, 3.8) is 0 Å². The largest absolute Gasteiger partial charge is 0.494 e. The van der Waals surface area contributed by atoms with E-state index in [1.54, 1.807) is 48.5 Å². The van der Waals surface area contributed by atoms with Gasteiger partial charge in [0.2, 0.25) is 0 Å². The Kier molecular flexibility index (Phi) is 7.24. The molecule has 3 aromatic carbocycles. The Hall–Kier alpha value is -4.20. The van der Waals surface area contributed by atoms with E-state index < -0.39 is 17.9 Å². The van der Waals surface area contributed by atoms with Crippen molar-refractivity contribution < 1.29 is 28.2 Å². The molecule has 3 aliphatic carbocycles. The SMILES string of the molecule is CCOc1ccc(Nc2cc(C(=O)OC3CCC4CC(F)CCC4C3)c(N)c3c2C(=O)c2ccccc2C3=O)cc1. The third kappa shape index (κ3) is 5.07. The van der Waals surface area contributed by atoms with Crippen LogP contribution in [0.25, 0.3) is 0 Å². The van der Waals surface area contributed by atoms with Gasteiger partial charge >= 0.3 is 5.97 Å². The van der Waals surface area contributed by atoms with Crippen LogP contribution < -0.4 is 15.8 Å². The lowest BCUT2D eigenvalue weighted by molar-refractivity contribution is -0.00815. The Balaban J connectivity index is 1.35. The van der Waals surface area contributed by atoms with Crippen LogP contribution in [-0.2, 0) is 4.74 Å². The Morgan fingerprint density at radius 3 is 2.29 bits per heavy atom. The number of rotatable bonds is 6. The van der Waals surface area contributed by atoms with Gasteiger partial charge in [-0.05, 0) is 87.6 Å². The number of hydrogen-bond acceptors (Lipinski definition) is 7. The topological polar surface area (TPSA) is 108 Å². The number of nitrogens with two attached hydrogens (primary N) is 1. The third-order valence-corrected chi connectivity index (χ3v) is 8.68. The zero-order chi connectivity index (χ0) is 28.7. The van der Waals surface area contributed by atoms with Gasteiger partial charge in [0.05, 0.1) is 34.7 Å². The van der Waals surface area contributed by atoms with Crippen LogP contribution in [-0.4, -0.2) is 36.4 Å². The van der Waals surface area contributed by atoms with Gasteiger partial charge in [0.15, 0.2) is 11.6 Å². The molecule has 6 rings (SSSR count). The molecule has 0 bridgehead atoms. The number of halogens is 1. The fourth-order valence-corrected chi connectivity index (χ4v) is 6.65. The smallest absolute Gasteiger partial charge is 0.340 e. The van der Waals surface area contributed by atoms with E-state index in [0.29, 0.717) is 61.3 Å². The van der Waals surface area contributed by atoms with Gasteiger partial charge in [0.1, 0.15) is 18.0 Å². The number of benzene rings is 3. The third-order valence-electron chi connectivity index (χ3n) is 8.68. The molecule has 41 heavy (non-hydrogen) atoms. The highest BCUT2D eigenvalue weighted by atomic mass is 19.1. The van der Waals surface area contributed by atoms with E-state index in [0.717, 1.165) is 12.8 Å². The van der Waals surface area contributed by atoms with E-state index in [2.05, 4.69) is 5.32 Å². The molecule has 2 saturated carbocycles. The highest BCUT2D eigenvalue weighted by Gasteiger charge is 2.39. The summed E-state index contributed by atoms with van der Waals surface area (Å²) in [6.07, 6.45) is 3.06. The molecule has 2 fully saturated rings. The molecule has 0 aliphatic heterocycles. The second kappa shape index (κ2) is 11.0. The molecule has 4 unspecified atom stereocenters. The van der Waals surface area contributed by atoms with Gasteiger partial charge in [-0.1, -0.05) is 24.3 Å². The molecule has 8 heteroatoms. The average molecular weight is 557 g/mol. The quantitative estimate of drug-likeness (QED) is 0.202. The normalized spacial score (nSPS) is 23.2. The first-order chi connectivity index (χ1) is 19.8. The van der Waals surface area contributed by atoms with E-state index in [1.165, 1.54) is 6.07 Å². The molecule has 3 N–H and O–H groups in total. The number of alkyl halides is 1. The zero-order valence-corrected chi connectivity index (χ0v) is 23.0. The molecule has 4 atom stereocenters. The van der Waals surface area contributed by atoms with Crippen LogP contribution in [0, 0.1) is 11.8 Å². The lowest BCUT2D eigenvalue weighted by Crippen LogP contribution is -2.35. The number of ketones is 2. The molecule has 0 aromatic heterocycles. The molecule has 0 radical (unpaired) electrons. The van der Waals surface area contributed by atoms with Crippen molar-refractivity contribution in [2.45, 2.75) is 57.7 Å². The maximum atomic E-state index is 13.9. The fraction of sp³-hybridized carbons (Fsp3) is 0.364. The number of esters is 1. The van der Waals surface area contributed by atoms with Crippen LogP contribution in [0.5, 0.6) is 5.75 Å². The number of nitrogens with one attached hydrogen (secondary N) is 1. The van der Waals surface area contributed by atoms with Gasteiger partial charge in [-0.3, -0.25) is 9.59 Å². The van der Waals surface area contributed by atoms with Crippen molar-refractivity contribution in [1.82, 2.24) is 0 Å². The lowest BCUT2D eigenvalue weighted by atomic mass is 9.69. The summed E-state index contributed by atoms with van der Waals surface area (Å²) in [5, 5.41) is 3.22. The van der Waals surface area contributed by atoms with E-state index in [9.17, 15) is 18.8 Å². The van der Waals surface area contributed by atoms with Crippen molar-refractivity contribution >= 4 is 34.6 Å². The minimum atomic E-state index is -0.739. The molecular weight excluding hydrogens is 523 g/mol. The van der Waals surface area contributed by atoms with Crippen molar-refractivity contribution in [2.75, 3.05) is 17.7 Å². The number of ether oxygens (including phenoxy) is 2. The maximum Gasteiger partial charge on any atom is 0.340 e. The molecule has 0 saturated heterocycles. The van der Waals surface area contributed by atoms with Crippen molar-refractivity contribution in [3.05, 3.63) is 82.4 Å². The second-order valence-corrected chi connectivity index (χ2v) is 11.2. The highest BCUT2D eigenvalue weighted by molar-refractivity contribution is 6.32. The van der Waals surface area contributed by atoms with Crippen molar-refractivity contribution in [2.24, 2.45) is 11.8 Å². The first-order valence-corrected chi connectivity index (χ1v) is 14.3. The van der Waals surface area contributed by atoms with Gasteiger partial charge in [-0.25, -0.2) is 9.18 Å². The lowest BCUT2D eigenvalue weighted by Gasteiger charge is -2.40. The van der Waals surface area contributed by atoms with Crippen LogP contribution in [0.2, 0.25) is 0 Å². The fourth-order valence-electron chi connectivity index (χ4n) is 6.65. The summed E-state index contributed by atoms with van der Waals surface area (Å²) in [4.78, 5) is 41.0. The minimum absolute atomic E-state index is 0.00145. The van der Waals surface area contributed by atoms with Gasteiger partial charge in [-0.15, -0.1) is 0 Å². The molecule has 212 valence electrons. The van der Waals surface area contributed by atoms with Gasteiger partial charge < -0.3 is 20.5 Å². The maximum absolute atomic E-state index is 13.9. The van der Waals surface area contributed by atoms with Gasteiger partial charge in [0, 0.05) is 16.8 Å². The Labute approximate surface area is 238 Å². The van der Waals surface area contributed by atoms with Crippen LogP contribution in [0.3, 0.4) is 0 Å². The van der Waals surface area contributed by atoms with Crippen LogP contribution >= 0.6 is 0 Å². The molecule has 3 aliphatic rings. The Bertz CT molecular complexity index is 1520. The number of carbonyl (C=O) groups is 3. The summed E-state index contributed by atoms with van der Waals surface area (Å²) < 4.78 is 25.4. The highest BCUT2D eigenvalue weighted by Crippen LogP contribution is 2.43. The van der Waals surface area contributed by atoms with E-state index >= 15 is 0 Å². The molecule has 0 spiro atoms. The first kappa shape index (κ1) is 27.0. The summed E-state index contributed by atoms with van der Waals surface area (Å²) in [6.45, 7) is 2.42. The number of nitrogen functional groups attached to an aromatic ring is 1. The van der Waals surface area contributed by atoms with Crippen LogP contribution in [0.4, 0.5) is 21.5 Å². The van der Waals surface area contributed by atoms with Crippen molar-refractivity contribution in [3.8, 4) is 5.75 Å². The van der Waals surface area contributed by atoms with E-state index in [4.69, 9.17) is 15.2 Å². The monoisotopic (exact) mass is 556 g/mol. The summed E-state index contributed by atoms with van der Waals surface area (Å²) in [5.74, 6) is -0.0471. The first-order valence-electron chi connectivity index (χ1n) is 14.3. The summed E-state index contributed by atoms with van der Waals surface area (Å²) in [5.41, 5.74) is 8.06. The Morgan fingerprint density at radius 2 is 1.59 bits per heavy atom. The molecular formula is C33H33FN2O5. The zero-order valence-electron chi connectivity index (χ0n) is 23.0. The number of hydrogen-bond donors (Lipinski definition) is 2. The van der Waals surface area contributed by atoms with Crippen LogP contribution in [0.15, 0.2) is 54.6 Å². The predicted molar refractivity (Wildman–Crippen MR) is 154 cm³/mol. The number of carbonyl (C=O) groups excluding carboxylic acids is 3. The minimum Gasteiger partial charge on any atom is -0.494 e. The molecule has 0 heterocycles. The van der Waals surface area contributed by atoms with E-state index in [-0.39, 0.29) is 45.4 Å². The standard InChI is InChI=1S/C33H33FN2O5/c1-2-40-22-13-10-21(11-14-22)36-27-17-26(33(39)41-23-12-8-18-15-20(34)9-7-19(18)16-23)30(35)29-28(27)31(37)24-5-3-4-6-25(24)32(29)38/h3-6,10-11,13-14,17-20,23,36H,2,7-9,12,15-16,35H2,1H3. The van der Waals surface area contributed by atoms with E-state index in [1.807, 2.05) is 6.92 Å². The molecule has 7 nitrogen and oxygen atoms in total.